The molecule has 0 N–H and O–H groups in total. The van der Waals surface area contributed by atoms with Crippen LogP contribution in [0, 0.1) is 0 Å². The lowest BCUT2D eigenvalue weighted by molar-refractivity contribution is -0.138. The molecular weight excluding hydrogens is 349 g/mol. The van der Waals surface area contributed by atoms with Crippen LogP contribution in [0.15, 0.2) is 18.2 Å². The quantitative estimate of drug-likeness (QED) is 0.825. The Kier molecular flexibility index (Phi) is 4.03. The largest absolute Gasteiger partial charge is 0.479 e. The number of hydrogen-bond acceptors (Lipinski definition) is 4. The van der Waals surface area contributed by atoms with Crippen LogP contribution >= 0.6 is 23.2 Å². The van der Waals surface area contributed by atoms with E-state index in [0.29, 0.717) is 22.2 Å². The summed E-state index contributed by atoms with van der Waals surface area (Å²) in [5, 5.41) is 0.392. The molecule has 3 atom stereocenters. The zero-order valence-electron chi connectivity index (χ0n) is 11.8. The lowest BCUT2D eigenvalue weighted by atomic mass is 10.2. The van der Waals surface area contributed by atoms with Crippen molar-refractivity contribution in [3.05, 3.63) is 28.2 Å². The van der Waals surface area contributed by atoms with Crippen molar-refractivity contribution in [3.8, 4) is 5.75 Å². The Bertz CT molecular complexity index is 722. The van der Waals surface area contributed by atoms with Gasteiger partial charge in [-0.25, -0.2) is 8.42 Å². The van der Waals surface area contributed by atoms with Gasteiger partial charge >= 0.3 is 0 Å². The van der Waals surface area contributed by atoms with Crippen molar-refractivity contribution in [2.75, 3.05) is 12.3 Å². The normalized spacial score (nSPS) is 27.0. The van der Waals surface area contributed by atoms with Gasteiger partial charge in [-0.05, 0) is 31.5 Å². The molecule has 0 saturated carbocycles. The molecule has 22 heavy (non-hydrogen) atoms. The zero-order valence-corrected chi connectivity index (χ0v) is 14.2. The topological polar surface area (TPSA) is 63.7 Å². The molecule has 0 aliphatic carbocycles. The molecule has 5 nitrogen and oxygen atoms in total. The third-order valence-corrected chi connectivity index (χ3v) is 6.87. The molecule has 0 aromatic heterocycles. The first kappa shape index (κ1) is 15.9. The summed E-state index contributed by atoms with van der Waals surface area (Å²) in [6.45, 7) is 1.89. The lowest BCUT2D eigenvalue weighted by Gasteiger charge is -2.29. The van der Waals surface area contributed by atoms with Crippen LogP contribution in [0.25, 0.3) is 0 Å². The SMILES string of the molecule is C[C@@H](Oc1ccc(Cl)cc1Cl)C(=O)N1C[C@H]2C[C@H]1CS2(=O)=O. The van der Waals surface area contributed by atoms with Crippen molar-refractivity contribution in [1.29, 1.82) is 0 Å². The standard InChI is InChI=1S/C14H15Cl2NO4S/c1-8(21-13-3-2-9(15)4-12(13)16)14(18)17-6-11-5-10(17)7-22(11,19)20/h2-4,8,10-11H,5-7H2,1H3/t8-,10+,11-/m1/s1. The highest BCUT2D eigenvalue weighted by atomic mass is 35.5. The van der Waals surface area contributed by atoms with Crippen molar-refractivity contribution in [2.45, 2.75) is 30.7 Å². The average Bonchev–Trinajstić information content (AvgIpc) is 2.96. The molecule has 2 aliphatic heterocycles. The summed E-state index contributed by atoms with van der Waals surface area (Å²) in [6, 6.07) is 4.55. The van der Waals surface area contributed by atoms with Gasteiger partial charge in [0, 0.05) is 17.6 Å². The van der Waals surface area contributed by atoms with Gasteiger partial charge in [-0.2, -0.15) is 0 Å². The van der Waals surface area contributed by atoms with E-state index >= 15 is 0 Å². The lowest BCUT2D eigenvalue weighted by Crippen LogP contribution is -2.48. The molecule has 0 spiro atoms. The first-order valence-electron chi connectivity index (χ1n) is 6.91. The minimum Gasteiger partial charge on any atom is -0.479 e. The molecule has 2 fully saturated rings. The highest BCUT2D eigenvalue weighted by Crippen LogP contribution is 2.34. The number of fused-ring (bicyclic) bond motifs is 2. The van der Waals surface area contributed by atoms with E-state index in [1.54, 1.807) is 30.0 Å². The predicted molar refractivity (Wildman–Crippen MR) is 84.2 cm³/mol. The van der Waals surface area contributed by atoms with Gasteiger partial charge < -0.3 is 9.64 Å². The Hall–Kier alpha value is -0.980. The van der Waals surface area contributed by atoms with Crippen LogP contribution in [0.4, 0.5) is 0 Å². The van der Waals surface area contributed by atoms with E-state index in [0.717, 1.165) is 0 Å². The number of halogens is 2. The van der Waals surface area contributed by atoms with Gasteiger partial charge in [-0.15, -0.1) is 0 Å². The van der Waals surface area contributed by atoms with Crippen LogP contribution in [0.2, 0.25) is 10.0 Å². The van der Waals surface area contributed by atoms with E-state index in [-0.39, 0.29) is 24.2 Å². The molecule has 0 unspecified atom stereocenters. The number of carbonyl (C=O) groups is 1. The van der Waals surface area contributed by atoms with Crippen molar-refractivity contribution < 1.29 is 17.9 Å². The fraction of sp³-hybridized carbons (Fsp3) is 0.500. The van der Waals surface area contributed by atoms with Gasteiger partial charge in [-0.1, -0.05) is 23.2 Å². The van der Waals surface area contributed by atoms with E-state index < -0.39 is 21.2 Å². The molecular formula is C14H15Cl2NO4S. The summed E-state index contributed by atoms with van der Waals surface area (Å²) in [4.78, 5) is 14.1. The second-order valence-corrected chi connectivity index (χ2v) is 8.84. The number of ether oxygens (including phenoxy) is 1. The van der Waals surface area contributed by atoms with E-state index in [9.17, 15) is 13.2 Å². The van der Waals surface area contributed by atoms with Crippen molar-refractivity contribution in [3.63, 3.8) is 0 Å². The number of carbonyl (C=O) groups excluding carboxylic acids is 1. The Morgan fingerprint density at radius 2 is 2.14 bits per heavy atom. The zero-order chi connectivity index (χ0) is 16.1. The van der Waals surface area contributed by atoms with Crippen LogP contribution < -0.4 is 4.74 Å². The maximum Gasteiger partial charge on any atom is 0.263 e. The Morgan fingerprint density at radius 3 is 2.68 bits per heavy atom. The molecule has 3 rings (SSSR count). The Morgan fingerprint density at radius 1 is 1.41 bits per heavy atom. The van der Waals surface area contributed by atoms with Crippen LogP contribution in [0.3, 0.4) is 0 Å². The number of amides is 1. The minimum absolute atomic E-state index is 0.0534. The Labute approximate surface area is 139 Å². The van der Waals surface area contributed by atoms with Gasteiger partial charge in [0.15, 0.2) is 15.9 Å². The number of benzene rings is 1. The number of hydrogen-bond donors (Lipinski definition) is 0. The smallest absolute Gasteiger partial charge is 0.263 e. The maximum absolute atomic E-state index is 12.5. The van der Waals surface area contributed by atoms with Gasteiger partial charge in [-0.3, -0.25) is 4.79 Å². The van der Waals surface area contributed by atoms with E-state index in [4.69, 9.17) is 27.9 Å². The third-order valence-electron chi connectivity index (χ3n) is 4.14. The van der Waals surface area contributed by atoms with Crippen LogP contribution in [-0.4, -0.2) is 48.9 Å². The maximum atomic E-state index is 12.5. The second kappa shape index (κ2) is 5.58. The summed E-state index contributed by atoms with van der Waals surface area (Å²) in [6.07, 6.45) is -0.205. The summed E-state index contributed by atoms with van der Waals surface area (Å²) >= 11 is 11.8. The molecule has 120 valence electrons. The van der Waals surface area contributed by atoms with Gasteiger partial charge in [0.05, 0.1) is 16.0 Å². The van der Waals surface area contributed by atoms with Crippen molar-refractivity contribution in [2.24, 2.45) is 0 Å². The number of rotatable bonds is 3. The average molecular weight is 364 g/mol. The van der Waals surface area contributed by atoms with Gasteiger partial charge in [0.1, 0.15) is 5.75 Å². The second-order valence-electron chi connectivity index (χ2n) is 5.67. The monoisotopic (exact) mass is 363 g/mol. The van der Waals surface area contributed by atoms with Crippen molar-refractivity contribution >= 4 is 38.9 Å². The van der Waals surface area contributed by atoms with Crippen molar-refractivity contribution in [1.82, 2.24) is 4.90 Å². The molecule has 1 aromatic carbocycles. The minimum atomic E-state index is -3.02. The van der Waals surface area contributed by atoms with Crippen LogP contribution in [-0.2, 0) is 14.6 Å². The highest BCUT2D eigenvalue weighted by Gasteiger charge is 2.50. The van der Waals surface area contributed by atoms with E-state index in [2.05, 4.69) is 0 Å². The summed E-state index contributed by atoms with van der Waals surface area (Å²) in [5.74, 6) is 0.218. The number of nitrogens with zero attached hydrogens (tertiary/aromatic N) is 1. The van der Waals surface area contributed by atoms with E-state index in [1.165, 1.54) is 0 Å². The molecule has 1 amide bonds. The molecule has 2 bridgehead atoms. The highest BCUT2D eigenvalue weighted by molar-refractivity contribution is 7.92. The molecule has 2 saturated heterocycles. The summed E-state index contributed by atoms with van der Waals surface area (Å²) in [7, 11) is -3.02. The molecule has 1 aromatic rings. The van der Waals surface area contributed by atoms with Crippen LogP contribution in [0.1, 0.15) is 13.3 Å². The number of likely N-dealkylation sites (tertiary alicyclic amines) is 1. The fourth-order valence-corrected chi connectivity index (χ4v) is 5.49. The Balaban J connectivity index is 1.69. The molecule has 8 heteroatoms. The summed E-state index contributed by atoms with van der Waals surface area (Å²) in [5.41, 5.74) is 0. The molecule has 2 heterocycles. The predicted octanol–water partition coefficient (Wildman–Crippen LogP) is 2.16. The van der Waals surface area contributed by atoms with Gasteiger partial charge in [0.25, 0.3) is 5.91 Å². The number of sulfone groups is 1. The fourth-order valence-electron chi connectivity index (χ4n) is 3.01. The molecule has 2 aliphatic rings. The summed E-state index contributed by atoms with van der Waals surface area (Å²) < 4.78 is 29.1. The van der Waals surface area contributed by atoms with Crippen LogP contribution in [0.5, 0.6) is 5.75 Å². The van der Waals surface area contributed by atoms with Gasteiger partial charge in [0.2, 0.25) is 0 Å². The first-order valence-corrected chi connectivity index (χ1v) is 9.39. The van der Waals surface area contributed by atoms with E-state index in [1.807, 2.05) is 0 Å². The molecule has 0 radical (unpaired) electrons. The third kappa shape index (κ3) is 2.79. The first-order chi connectivity index (χ1) is 10.3.